The van der Waals surface area contributed by atoms with Crippen molar-refractivity contribution >= 4 is 30.2 Å². The molecule has 0 rings (SSSR count). The molecule has 0 aliphatic carbocycles. The van der Waals surface area contributed by atoms with Gasteiger partial charge in [-0.05, 0) is 55.4 Å². The third-order valence-corrected chi connectivity index (χ3v) is 9.03. The Kier molecular flexibility index (Phi) is 45.1. The molecule has 0 saturated carbocycles. The average Bonchev–Trinajstić information content (AvgIpc) is 3.05. The van der Waals surface area contributed by atoms with Crippen molar-refractivity contribution in [3.8, 4) is 0 Å². The molecule has 0 bridgehead atoms. The molecule has 0 aliphatic rings. The number of rotatable bonds is 25. The maximum Gasteiger partial charge on any atom is 0.233 e. The second kappa shape index (κ2) is 40.3. The summed E-state index contributed by atoms with van der Waals surface area (Å²) in [5.41, 5.74) is 2.13. The van der Waals surface area contributed by atoms with Gasteiger partial charge in [0.25, 0.3) is 0 Å². The molecular weight excluding hydrogens is 609 g/mol. The predicted octanol–water partition coefficient (Wildman–Crippen LogP) is 15.4. The molecule has 1 N–H and O–H groups in total. The maximum atomic E-state index is 11.4. The van der Waals surface area contributed by atoms with Crippen molar-refractivity contribution in [1.29, 1.82) is 5.41 Å². The first-order chi connectivity index (χ1) is 22.8. The number of ketones is 1. The third kappa shape index (κ3) is 39.3. The van der Waals surface area contributed by atoms with Crippen LogP contribution in [0.5, 0.6) is 0 Å². The van der Waals surface area contributed by atoms with Gasteiger partial charge in [0.15, 0.2) is 0 Å². The minimum Gasteiger partial charge on any atom is -0.477 e. The molecular formula is C43H88N2O2S. The molecule has 0 radical (unpaired) electrons. The number of carbonyl (C=O) groups excluding carboxylic acids is 1. The maximum absolute atomic E-state index is 11.4. The third-order valence-electron chi connectivity index (χ3n) is 8.83. The molecule has 0 aliphatic heterocycles. The van der Waals surface area contributed by atoms with Crippen LogP contribution in [-0.4, -0.2) is 24.0 Å². The second-order valence-corrected chi connectivity index (χ2v) is 14.9. The lowest BCUT2D eigenvalue weighted by molar-refractivity contribution is -0.122. The van der Waals surface area contributed by atoms with Crippen molar-refractivity contribution in [3.63, 3.8) is 0 Å². The predicted molar refractivity (Wildman–Crippen MR) is 223 cm³/mol. The van der Waals surface area contributed by atoms with Crippen LogP contribution in [-0.2, 0) is 9.53 Å². The first-order valence-electron chi connectivity index (χ1n) is 20.5. The Bertz CT molecular complexity index is 750. The number of hydrogen-bond acceptors (Lipinski definition) is 5. The highest BCUT2D eigenvalue weighted by molar-refractivity contribution is 7.79. The molecule has 0 amide bonds. The van der Waals surface area contributed by atoms with Crippen LogP contribution in [0, 0.1) is 22.7 Å². The Morgan fingerprint density at radius 1 is 0.708 bits per heavy atom. The van der Waals surface area contributed by atoms with Gasteiger partial charge < -0.3 is 4.74 Å². The number of carbonyl (C=O) groups is 1. The number of allylic oxidation sites excluding steroid dienone is 1. The van der Waals surface area contributed by atoms with Gasteiger partial charge in [0.2, 0.25) is 5.90 Å². The Morgan fingerprint density at radius 2 is 1.10 bits per heavy atom. The van der Waals surface area contributed by atoms with Crippen LogP contribution in [0.3, 0.4) is 0 Å². The molecule has 0 aromatic rings. The van der Waals surface area contributed by atoms with Gasteiger partial charge in [-0.3, -0.25) is 10.2 Å². The van der Waals surface area contributed by atoms with Gasteiger partial charge in [-0.2, -0.15) is 0 Å². The standard InChI is InChI=1S/C19H38O.C15H28N2OS.C7H16.C2H6/c1-4-5-6-7-8-9-10-11-12-13-14-15-16-17-19(20)18(2)3;1-4-7-9-10-12-18-15(16)14(17-19)13(6-3)11-8-5-2;1-6(2)7(3,4)5;1-2/h18H,4-17H2,1-3H3;11,16,19H,4-10,12H2,1-3H3;6H,1-5H3;1-2H3/b;13-11+,16-15?,17-14-;;. The van der Waals surface area contributed by atoms with Crippen molar-refractivity contribution in [1.82, 2.24) is 0 Å². The Balaban J connectivity index is -0.000000323. The SMILES string of the molecule is CC.CC(C)C(C)(C)C.CCC/C=C(CC)/C(=N/S)C(=N)OCCCCCC.CCCCCCCCCCCCCCCC(=O)C(C)C. The van der Waals surface area contributed by atoms with E-state index in [1.165, 1.54) is 89.9 Å². The van der Waals surface area contributed by atoms with Crippen LogP contribution in [0.25, 0.3) is 0 Å². The fraction of sp³-hybridized carbons (Fsp3) is 0.884. The number of thiol groups is 1. The number of unbranched alkanes of at least 4 members (excludes halogenated alkanes) is 16. The molecule has 0 spiro atoms. The Hall–Kier alpha value is -1.10. The van der Waals surface area contributed by atoms with E-state index in [4.69, 9.17) is 10.1 Å². The summed E-state index contributed by atoms with van der Waals surface area (Å²) in [6.45, 7) is 28.5. The van der Waals surface area contributed by atoms with Gasteiger partial charge in [-0.15, -0.1) is 0 Å². The van der Waals surface area contributed by atoms with Crippen molar-refractivity contribution in [2.45, 2.75) is 225 Å². The van der Waals surface area contributed by atoms with Crippen LogP contribution >= 0.6 is 12.8 Å². The average molecular weight is 697 g/mol. The topological polar surface area (TPSA) is 62.5 Å². The number of nitrogens with one attached hydrogen (secondary N) is 1. The van der Waals surface area contributed by atoms with Crippen molar-refractivity contribution in [3.05, 3.63) is 11.6 Å². The highest BCUT2D eigenvalue weighted by Gasteiger charge is 2.14. The summed E-state index contributed by atoms with van der Waals surface area (Å²) in [5, 5.41) is 7.95. The number of nitrogens with zero attached hydrogens (tertiary/aromatic N) is 1. The highest BCUT2D eigenvalue weighted by atomic mass is 32.1. The number of ether oxygens (including phenoxy) is 1. The molecule has 4 nitrogen and oxygen atoms in total. The molecule has 0 aromatic carbocycles. The highest BCUT2D eigenvalue weighted by Crippen LogP contribution is 2.23. The van der Waals surface area contributed by atoms with Crippen molar-refractivity contribution in [2.75, 3.05) is 6.61 Å². The largest absolute Gasteiger partial charge is 0.477 e. The van der Waals surface area contributed by atoms with Gasteiger partial charge in [0.05, 0.1) is 6.61 Å². The quantitative estimate of drug-likeness (QED) is 0.0432. The summed E-state index contributed by atoms with van der Waals surface area (Å²) in [6.07, 6.45) is 28.3. The first kappa shape index (κ1) is 53.7. The van der Waals surface area contributed by atoms with Gasteiger partial charge in [-0.25, -0.2) is 4.40 Å². The minimum absolute atomic E-state index is 0.149. The van der Waals surface area contributed by atoms with E-state index in [9.17, 15) is 4.79 Å². The molecule has 48 heavy (non-hydrogen) atoms. The first-order valence-corrected chi connectivity index (χ1v) is 20.9. The summed E-state index contributed by atoms with van der Waals surface area (Å²) < 4.78 is 9.39. The minimum atomic E-state index is 0.149. The summed E-state index contributed by atoms with van der Waals surface area (Å²) in [7, 11) is 0. The molecule has 288 valence electrons. The smallest absolute Gasteiger partial charge is 0.233 e. The summed E-state index contributed by atoms with van der Waals surface area (Å²) in [5.74, 6) is 1.61. The molecule has 0 heterocycles. The number of hydrogen-bond donors (Lipinski definition) is 2. The van der Waals surface area contributed by atoms with E-state index >= 15 is 0 Å². The summed E-state index contributed by atoms with van der Waals surface area (Å²) in [4.78, 5) is 11.4. The van der Waals surface area contributed by atoms with E-state index in [0.29, 0.717) is 23.5 Å². The molecule has 0 aromatic heterocycles. The lowest BCUT2D eigenvalue weighted by Gasteiger charge is -2.22. The summed E-state index contributed by atoms with van der Waals surface area (Å²) in [6, 6.07) is 0. The van der Waals surface area contributed by atoms with E-state index in [-0.39, 0.29) is 11.8 Å². The zero-order valence-corrected chi connectivity index (χ0v) is 35.9. The van der Waals surface area contributed by atoms with E-state index in [1.54, 1.807) is 0 Å². The summed E-state index contributed by atoms with van der Waals surface area (Å²) >= 11 is 3.98. The van der Waals surface area contributed by atoms with E-state index in [0.717, 1.165) is 56.4 Å². The zero-order chi connectivity index (χ0) is 37.6. The number of Topliss-reactive ketones (excluding diaryl/α,β-unsaturated/α-hetero) is 1. The molecule has 5 heteroatoms. The fourth-order valence-electron chi connectivity index (χ4n) is 4.36. The lowest BCUT2D eigenvalue weighted by Crippen LogP contribution is -2.19. The van der Waals surface area contributed by atoms with Gasteiger partial charge in [0, 0.05) is 12.3 Å². The van der Waals surface area contributed by atoms with E-state index in [2.05, 4.69) is 85.6 Å². The van der Waals surface area contributed by atoms with Crippen LogP contribution in [0.4, 0.5) is 0 Å². The van der Waals surface area contributed by atoms with Crippen LogP contribution < -0.4 is 0 Å². The van der Waals surface area contributed by atoms with Gasteiger partial charge in [0.1, 0.15) is 11.5 Å². The van der Waals surface area contributed by atoms with Crippen molar-refractivity contribution < 1.29 is 9.53 Å². The normalized spacial score (nSPS) is 11.7. The fourth-order valence-corrected chi connectivity index (χ4v) is 4.58. The molecule has 0 fully saturated rings. The molecule has 0 atom stereocenters. The van der Waals surface area contributed by atoms with E-state index in [1.807, 2.05) is 27.7 Å². The van der Waals surface area contributed by atoms with Crippen molar-refractivity contribution in [2.24, 2.45) is 21.6 Å². The van der Waals surface area contributed by atoms with Gasteiger partial charge >= 0.3 is 0 Å². The van der Waals surface area contributed by atoms with Gasteiger partial charge in [-0.1, -0.05) is 199 Å². The van der Waals surface area contributed by atoms with Crippen LogP contribution in [0.15, 0.2) is 16.0 Å². The van der Waals surface area contributed by atoms with Crippen LogP contribution in [0.2, 0.25) is 0 Å². The monoisotopic (exact) mass is 697 g/mol. The van der Waals surface area contributed by atoms with E-state index < -0.39 is 0 Å². The van der Waals surface area contributed by atoms with Crippen LogP contribution in [0.1, 0.15) is 225 Å². The second-order valence-electron chi connectivity index (χ2n) is 14.7. The lowest BCUT2D eigenvalue weighted by atomic mass is 9.84. The zero-order valence-electron chi connectivity index (χ0n) is 35.0. The molecule has 0 unspecified atom stereocenters. The Morgan fingerprint density at radius 3 is 1.44 bits per heavy atom. The molecule has 0 saturated heterocycles. The Labute approximate surface area is 309 Å².